The number of rotatable bonds is 6. The minimum Gasteiger partial charge on any atom is -0.145 e. The zero-order valence-electron chi connectivity index (χ0n) is 7.82. The van der Waals surface area contributed by atoms with Crippen molar-refractivity contribution in [3.05, 3.63) is 0 Å². The predicted molar refractivity (Wildman–Crippen MR) is 49.8 cm³/mol. The quantitative estimate of drug-likeness (QED) is 0.404. The maximum Gasteiger partial charge on any atom is 0.367 e. The van der Waals surface area contributed by atoms with Crippen molar-refractivity contribution in [3.63, 3.8) is 0 Å². The molecule has 0 N–H and O–H groups in total. The molecular weight excluding hydrogens is 132 g/mol. The Morgan fingerprint density at radius 1 is 1.10 bits per heavy atom. The lowest BCUT2D eigenvalue weighted by Crippen LogP contribution is -1.93. The molecule has 1 heteroatoms. The molecule has 0 aromatic rings. The normalized spacial score (nSPS) is 10.0. The van der Waals surface area contributed by atoms with Crippen LogP contribution in [0.25, 0.3) is 0 Å². The molecule has 0 amide bonds. The van der Waals surface area contributed by atoms with Crippen LogP contribution in [0, 0.1) is 0 Å². The van der Waals surface area contributed by atoms with Crippen LogP contribution in [0.4, 0.5) is 0 Å². The van der Waals surface area contributed by atoms with Gasteiger partial charge in [0, 0.05) is 0 Å². The molecule has 0 aromatic carbocycles. The highest BCUT2D eigenvalue weighted by Crippen LogP contribution is 2.07. The van der Waals surface area contributed by atoms with E-state index in [4.69, 9.17) is 0 Å². The van der Waals surface area contributed by atoms with Crippen LogP contribution >= 0.6 is 0 Å². The van der Waals surface area contributed by atoms with Gasteiger partial charge in [-0.3, -0.25) is 0 Å². The van der Waals surface area contributed by atoms with E-state index in [0.29, 0.717) is 20.4 Å². The summed E-state index contributed by atoms with van der Waals surface area (Å²) in [6, 6.07) is 0. The first kappa shape index (κ1) is 10.8. The van der Waals surface area contributed by atoms with Crippen LogP contribution in [0.1, 0.15) is 46.5 Å². The SMILES string of the molecule is CCCCC[CH2][Mg][CH](C)C. The lowest BCUT2D eigenvalue weighted by atomic mass is 10.2. The second-order valence-corrected chi connectivity index (χ2v) is 6.51. The van der Waals surface area contributed by atoms with Gasteiger partial charge in [-0.15, -0.1) is 8.60 Å². The third-order valence-electron chi connectivity index (χ3n) is 1.89. The van der Waals surface area contributed by atoms with Crippen molar-refractivity contribution in [1.82, 2.24) is 0 Å². The Bertz CT molecular complexity index is 59.7. The molecule has 0 saturated carbocycles. The van der Waals surface area contributed by atoms with Crippen LogP contribution in [0.5, 0.6) is 0 Å². The van der Waals surface area contributed by atoms with Crippen molar-refractivity contribution >= 4 is 20.4 Å². The van der Waals surface area contributed by atoms with Gasteiger partial charge in [-0.05, 0) is 0 Å². The molecule has 0 aromatic heterocycles. The van der Waals surface area contributed by atoms with Gasteiger partial charge >= 0.3 is 20.4 Å². The highest BCUT2D eigenvalue weighted by Gasteiger charge is 1.98. The molecule has 0 radical (unpaired) electrons. The van der Waals surface area contributed by atoms with Gasteiger partial charge in [0.05, 0.1) is 0 Å². The van der Waals surface area contributed by atoms with Crippen LogP contribution in [0.2, 0.25) is 8.60 Å². The van der Waals surface area contributed by atoms with Crippen LogP contribution in [0.3, 0.4) is 0 Å². The van der Waals surface area contributed by atoms with Crippen LogP contribution in [0.15, 0.2) is 0 Å². The summed E-state index contributed by atoms with van der Waals surface area (Å²) < 4.78 is 2.62. The van der Waals surface area contributed by atoms with E-state index in [-0.39, 0.29) is 0 Å². The fourth-order valence-corrected chi connectivity index (χ4v) is 2.61. The van der Waals surface area contributed by atoms with Crippen molar-refractivity contribution in [2.75, 3.05) is 0 Å². The first-order valence-corrected chi connectivity index (χ1v) is 6.59. The third kappa shape index (κ3) is 8.77. The molecule has 0 aliphatic heterocycles. The summed E-state index contributed by atoms with van der Waals surface area (Å²) in [5.74, 6) is 0. The van der Waals surface area contributed by atoms with E-state index in [1.807, 2.05) is 0 Å². The molecule has 0 fully saturated rings. The molecule has 0 saturated heterocycles. The van der Waals surface area contributed by atoms with E-state index in [1.165, 1.54) is 25.7 Å². The van der Waals surface area contributed by atoms with Crippen molar-refractivity contribution in [1.29, 1.82) is 0 Å². The molecule has 10 heavy (non-hydrogen) atoms. The Kier molecular flexibility index (Phi) is 8.47. The summed E-state index contributed by atoms with van der Waals surface area (Å²) >= 11 is 0.318. The topological polar surface area (TPSA) is 0 Å². The van der Waals surface area contributed by atoms with Gasteiger partial charge in [0.2, 0.25) is 0 Å². The van der Waals surface area contributed by atoms with Crippen LogP contribution in [-0.2, 0) is 0 Å². The maximum atomic E-state index is 2.37. The second-order valence-electron chi connectivity index (χ2n) is 3.60. The summed E-state index contributed by atoms with van der Waals surface area (Å²) in [5.41, 5.74) is 0. The van der Waals surface area contributed by atoms with E-state index in [9.17, 15) is 0 Å². The average molecular weight is 153 g/mol. The average Bonchev–Trinajstić information content (AvgIpc) is 1.87. The number of hydrogen-bond donors (Lipinski definition) is 0. The Balaban J connectivity index is 2.77. The third-order valence-corrected chi connectivity index (χ3v) is 3.95. The monoisotopic (exact) mass is 152 g/mol. The Hall–Kier alpha value is 0.766. The van der Waals surface area contributed by atoms with Crippen LogP contribution < -0.4 is 0 Å². The predicted octanol–water partition coefficient (Wildman–Crippen LogP) is 3.52. The summed E-state index contributed by atoms with van der Waals surface area (Å²) in [7, 11) is 0. The van der Waals surface area contributed by atoms with Gasteiger partial charge in [0.25, 0.3) is 0 Å². The van der Waals surface area contributed by atoms with E-state index >= 15 is 0 Å². The van der Waals surface area contributed by atoms with Crippen molar-refractivity contribution in [2.24, 2.45) is 0 Å². The lowest BCUT2D eigenvalue weighted by molar-refractivity contribution is 0.698. The van der Waals surface area contributed by atoms with E-state index < -0.39 is 0 Å². The number of hydrogen-bond acceptors (Lipinski definition) is 0. The molecule has 0 unspecified atom stereocenters. The van der Waals surface area contributed by atoms with Gasteiger partial charge in [-0.1, -0.05) is 46.5 Å². The van der Waals surface area contributed by atoms with Crippen LogP contribution in [-0.4, -0.2) is 20.4 Å². The molecule has 0 aliphatic rings. The zero-order valence-corrected chi connectivity index (χ0v) is 9.23. The van der Waals surface area contributed by atoms with E-state index in [2.05, 4.69) is 20.8 Å². The first-order chi connectivity index (χ1) is 4.77. The lowest BCUT2D eigenvalue weighted by Gasteiger charge is -2.00. The van der Waals surface area contributed by atoms with Gasteiger partial charge in [-0.2, -0.15) is 0 Å². The molecule has 0 aliphatic carbocycles. The van der Waals surface area contributed by atoms with Gasteiger partial charge in [0.15, 0.2) is 0 Å². The molecular formula is C9H20Mg. The number of unbranched alkanes of at least 4 members (excludes halogenated alkanes) is 3. The summed E-state index contributed by atoms with van der Waals surface area (Å²) in [5, 5.41) is 0. The molecule has 0 bridgehead atoms. The van der Waals surface area contributed by atoms with E-state index in [1.54, 1.807) is 4.55 Å². The van der Waals surface area contributed by atoms with Crippen molar-refractivity contribution in [2.45, 2.75) is 55.1 Å². The molecule has 0 spiro atoms. The van der Waals surface area contributed by atoms with E-state index in [0.717, 1.165) is 4.05 Å². The second kappa shape index (κ2) is 7.87. The highest BCUT2D eigenvalue weighted by molar-refractivity contribution is 6.37. The minimum atomic E-state index is 0.318. The Morgan fingerprint density at radius 2 is 1.80 bits per heavy atom. The minimum absolute atomic E-state index is 0.318. The highest BCUT2D eigenvalue weighted by atomic mass is 24.5. The standard InChI is InChI=1S/C6H13.C3H7.Mg/c1-3-5-6-4-2;1-3-2;/h1,3-6H2,2H3;3H,1-2H3;. The molecule has 0 atom stereocenters. The molecule has 58 valence electrons. The smallest absolute Gasteiger partial charge is 0.145 e. The maximum absolute atomic E-state index is 2.37. The van der Waals surface area contributed by atoms with Crippen molar-refractivity contribution in [3.8, 4) is 0 Å². The van der Waals surface area contributed by atoms with Crippen molar-refractivity contribution < 1.29 is 0 Å². The Labute approximate surface area is 75.5 Å². The molecule has 0 nitrogen and oxygen atoms in total. The fraction of sp³-hybridized carbons (Fsp3) is 1.00. The van der Waals surface area contributed by atoms with Gasteiger partial charge in [-0.25, -0.2) is 0 Å². The summed E-state index contributed by atoms with van der Waals surface area (Å²) in [6.45, 7) is 7.01. The summed E-state index contributed by atoms with van der Waals surface area (Å²) in [4.78, 5) is 0. The largest absolute Gasteiger partial charge is 0.367 e. The zero-order chi connectivity index (χ0) is 7.82. The van der Waals surface area contributed by atoms with Gasteiger partial charge < -0.3 is 0 Å². The molecule has 0 heterocycles. The first-order valence-electron chi connectivity index (χ1n) is 4.77. The molecule has 0 rings (SSSR count). The Morgan fingerprint density at radius 3 is 2.30 bits per heavy atom. The fourth-order valence-electron chi connectivity index (χ4n) is 1.16. The summed E-state index contributed by atoms with van der Waals surface area (Å²) in [6.07, 6.45) is 5.82. The van der Waals surface area contributed by atoms with Gasteiger partial charge in [0.1, 0.15) is 0 Å².